The van der Waals surface area contributed by atoms with Crippen LogP contribution in [0.15, 0.2) is 47.5 Å². The van der Waals surface area contributed by atoms with Crippen molar-refractivity contribution in [3.8, 4) is 5.75 Å². The fourth-order valence-corrected chi connectivity index (χ4v) is 2.82. The van der Waals surface area contributed by atoms with Gasteiger partial charge in [-0.2, -0.15) is 0 Å². The van der Waals surface area contributed by atoms with Crippen LogP contribution in [0.2, 0.25) is 0 Å². The Morgan fingerprint density at radius 3 is 2.69 bits per heavy atom. The van der Waals surface area contributed by atoms with Crippen molar-refractivity contribution in [2.24, 2.45) is 10.7 Å². The minimum Gasteiger partial charge on any atom is -0.491 e. The minimum atomic E-state index is -0.801. The topological polar surface area (TPSA) is 79.9 Å². The highest BCUT2D eigenvalue weighted by Gasteiger charge is 2.11. The number of aryl methyl sites for hydroxylation is 2. The highest BCUT2D eigenvalue weighted by Crippen LogP contribution is 2.24. The summed E-state index contributed by atoms with van der Waals surface area (Å²) in [6, 6.07) is 11.8. The molecule has 5 nitrogen and oxygen atoms in total. The molecule has 1 unspecified atom stereocenters. The lowest BCUT2D eigenvalue weighted by molar-refractivity contribution is 0.114. The number of aliphatic imine (C=N–C) groups is 1. The van der Waals surface area contributed by atoms with Gasteiger partial charge in [-0.25, -0.2) is 4.39 Å². The van der Waals surface area contributed by atoms with Gasteiger partial charge in [-0.3, -0.25) is 4.99 Å². The average molecular weight is 471 g/mol. The summed E-state index contributed by atoms with van der Waals surface area (Å²) >= 11 is 0. The van der Waals surface area contributed by atoms with E-state index in [1.165, 1.54) is 41.8 Å². The van der Waals surface area contributed by atoms with Gasteiger partial charge in [0.05, 0.1) is 6.54 Å². The first-order valence-corrected chi connectivity index (χ1v) is 8.35. The molecule has 2 aromatic carbocycles. The van der Waals surface area contributed by atoms with Crippen molar-refractivity contribution < 1.29 is 14.2 Å². The predicted octanol–water partition coefficient (Wildman–Crippen LogP) is 3.10. The molecule has 0 bridgehead atoms. The van der Waals surface area contributed by atoms with Crippen molar-refractivity contribution in [1.82, 2.24) is 0 Å². The Kier molecular flexibility index (Phi) is 7.65. The van der Waals surface area contributed by atoms with Crippen molar-refractivity contribution in [2.45, 2.75) is 25.4 Å². The van der Waals surface area contributed by atoms with E-state index in [0.29, 0.717) is 5.75 Å². The molecule has 7 heteroatoms. The zero-order valence-electron chi connectivity index (χ0n) is 14.3. The largest absolute Gasteiger partial charge is 0.491 e. The lowest BCUT2D eigenvalue weighted by atomic mass is 10.1. The Morgan fingerprint density at radius 2 is 1.92 bits per heavy atom. The van der Waals surface area contributed by atoms with Gasteiger partial charge in [0, 0.05) is 5.69 Å². The first-order chi connectivity index (χ1) is 12.1. The summed E-state index contributed by atoms with van der Waals surface area (Å²) in [5.74, 6) is 0.412. The van der Waals surface area contributed by atoms with Gasteiger partial charge in [-0.15, -0.1) is 24.0 Å². The zero-order chi connectivity index (χ0) is 17.6. The summed E-state index contributed by atoms with van der Waals surface area (Å²) in [7, 11) is 0. The summed E-state index contributed by atoms with van der Waals surface area (Å²) in [5.41, 5.74) is 9.52. The van der Waals surface area contributed by atoms with Crippen molar-refractivity contribution >= 4 is 35.6 Å². The summed E-state index contributed by atoms with van der Waals surface area (Å²) in [4.78, 5) is 4.13. The van der Waals surface area contributed by atoms with Crippen LogP contribution in [0.1, 0.15) is 17.5 Å². The first-order valence-electron chi connectivity index (χ1n) is 8.35. The number of nitrogens with one attached hydrogen (secondary N) is 1. The van der Waals surface area contributed by atoms with Crippen molar-refractivity contribution in [2.75, 3.05) is 18.5 Å². The summed E-state index contributed by atoms with van der Waals surface area (Å²) in [6.07, 6.45) is 2.63. The number of aliphatic hydroxyl groups excluding tert-OH is 1. The maximum Gasteiger partial charge on any atom is 0.193 e. The molecule has 26 heavy (non-hydrogen) atoms. The van der Waals surface area contributed by atoms with Gasteiger partial charge in [0.25, 0.3) is 0 Å². The normalized spacial score (nSPS) is 14.3. The third-order valence-electron chi connectivity index (χ3n) is 4.10. The number of benzene rings is 2. The van der Waals surface area contributed by atoms with E-state index in [4.69, 9.17) is 10.5 Å². The molecule has 0 fully saturated rings. The number of halogens is 2. The summed E-state index contributed by atoms with van der Waals surface area (Å²) in [5, 5.41) is 13.0. The standard InChI is InChI=1S/C19H22FN3O2.HI/c20-15-5-8-18(9-6-15)25-12-17(24)11-22-19(21)23-16-7-4-13-2-1-3-14(13)10-16;/h4-10,17,24H,1-3,11-12H2,(H3,21,22,23);1H. The highest BCUT2D eigenvalue weighted by atomic mass is 127. The van der Waals surface area contributed by atoms with E-state index in [0.717, 1.165) is 18.5 Å². The smallest absolute Gasteiger partial charge is 0.193 e. The van der Waals surface area contributed by atoms with Crippen LogP contribution in [0.25, 0.3) is 0 Å². The quantitative estimate of drug-likeness (QED) is 0.344. The second-order valence-corrected chi connectivity index (χ2v) is 6.11. The van der Waals surface area contributed by atoms with Crippen LogP contribution in [0.5, 0.6) is 5.75 Å². The number of aliphatic hydroxyl groups is 1. The molecule has 3 rings (SSSR count). The van der Waals surface area contributed by atoms with Gasteiger partial charge in [0.1, 0.15) is 24.3 Å². The fourth-order valence-electron chi connectivity index (χ4n) is 2.82. The molecule has 0 aliphatic heterocycles. The van der Waals surface area contributed by atoms with Crippen LogP contribution in [-0.4, -0.2) is 30.3 Å². The Morgan fingerprint density at radius 1 is 1.19 bits per heavy atom. The molecule has 2 aromatic rings. The Bertz CT molecular complexity index is 753. The molecule has 0 aromatic heterocycles. The zero-order valence-corrected chi connectivity index (χ0v) is 16.7. The first kappa shape index (κ1) is 20.4. The van der Waals surface area contributed by atoms with Gasteiger partial charge in [0.15, 0.2) is 5.96 Å². The van der Waals surface area contributed by atoms with E-state index in [9.17, 15) is 9.50 Å². The van der Waals surface area contributed by atoms with Crippen LogP contribution in [0, 0.1) is 5.82 Å². The maximum atomic E-state index is 12.8. The highest BCUT2D eigenvalue weighted by molar-refractivity contribution is 14.0. The van der Waals surface area contributed by atoms with E-state index >= 15 is 0 Å². The predicted molar refractivity (Wildman–Crippen MR) is 112 cm³/mol. The van der Waals surface area contributed by atoms with Crippen molar-refractivity contribution in [3.05, 3.63) is 59.4 Å². The molecule has 0 heterocycles. The number of fused-ring (bicyclic) bond motifs is 1. The number of ether oxygens (including phenoxy) is 1. The number of nitrogens with zero attached hydrogens (tertiary/aromatic N) is 1. The van der Waals surface area contributed by atoms with E-state index in [2.05, 4.69) is 22.4 Å². The van der Waals surface area contributed by atoms with Crippen molar-refractivity contribution in [3.63, 3.8) is 0 Å². The third kappa shape index (κ3) is 5.84. The number of anilines is 1. The van der Waals surface area contributed by atoms with E-state index in [1.807, 2.05) is 6.07 Å². The summed E-state index contributed by atoms with van der Waals surface area (Å²) in [6.45, 7) is 0.173. The van der Waals surface area contributed by atoms with Crippen LogP contribution in [0.3, 0.4) is 0 Å². The monoisotopic (exact) mass is 471 g/mol. The van der Waals surface area contributed by atoms with Gasteiger partial charge in [-0.1, -0.05) is 6.07 Å². The van der Waals surface area contributed by atoms with Gasteiger partial charge in [0.2, 0.25) is 0 Å². The number of guanidine groups is 1. The Hall–Kier alpha value is -1.87. The minimum absolute atomic E-state index is 0. The average Bonchev–Trinajstić information content (AvgIpc) is 3.07. The second-order valence-electron chi connectivity index (χ2n) is 6.11. The molecule has 1 atom stereocenters. The molecular formula is C19H23FIN3O2. The molecule has 0 amide bonds. The van der Waals surface area contributed by atoms with Crippen LogP contribution < -0.4 is 15.8 Å². The van der Waals surface area contributed by atoms with Gasteiger partial charge in [-0.05, 0) is 66.8 Å². The molecule has 1 aliphatic carbocycles. The molecule has 4 N–H and O–H groups in total. The lowest BCUT2D eigenvalue weighted by Gasteiger charge is -2.12. The molecule has 0 saturated carbocycles. The number of hydrogen-bond donors (Lipinski definition) is 3. The molecule has 1 aliphatic rings. The molecule has 0 saturated heterocycles. The lowest BCUT2D eigenvalue weighted by Crippen LogP contribution is -2.27. The van der Waals surface area contributed by atoms with Crippen LogP contribution in [0.4, 0.5) is 10.1 Å². The van der Waals surface area contributed by atoms with E-state index < -0.39 is 6.10 Å². The number of nitrogens with two attached hydrogens (primary N) is 1. The van der Waals surface area contributed by atoms with E-state index in [-0.39, 0.29) is 48.9 Å². The van der Waals surface area contributed by atoms with Crippen LogP contribution in [-0.2, 0) is 12.8 Å². The van der Waals surface area contributed by atoms with Crippen LogP contribution >= 0.6 is 24.0 Å². The van der Waals surface area contributed by atoms with Gasteiger partial charge >= 0.3 is 0 Å². The molecular weight excluding hydrogens is 448 g/mol. The molecule has 0 spiro atoms. The van der Waals surface area contributed by atoms with E-state index in [1.54, 1.807) is 0 Å². The number of hydrogen-bond acceptors (Lipinski definition) is 3. The second kappa shape index (κ2) is 9.72. The Labute approximate surface area is 169 Å². The third-order valence-corrected chi connectivity index (χ3v) is 4.10. The maximum absolute atomic E-state index is 12.8. The SMILES string of the molecule is I.NC(=NCC(O)COc1ccc(F)cc1)Nc1ccc2c(c1)CCC2. The fraction of sp³-hybridized carbons (Fsp3) is 0.316. The molecule has 140 valence electrons. The number of rotatable bonds is 6. The summed E-state index contributed by atoms with van der Waals surface area (Å²) < 4.78 is 18.2. The van der Waals surface area contributed by atoms with Crippen molar-refractivity contribution in [1.29, 1.82) is 0 Å². The molecule has 0 radical (unpaired) electrons. The Balaban J connectivity index is 0.00000243. The van der Waals surface area contributed by atoms with Gasteiger partial charge < -0.3 is 20.9 Å².